The van der Waals surface area contributed by atoms with Gasteiger partial charge in [-0.3, -0.25) is 9.52 Å². The second-order valence-corrected chi connectivity index (χ2v) is 8.59. The fourth-order valence-electron chi connectivity index (χ4n) is 2.88. The molecule has 0 spiro atoms. The van der Waals surface area contributed by atoms with Crippen LogP contribution in [0.25, 0.3) is 0 Å². The van der Waals surface area contributed by atoms with E-state index in [0.29, 0.717) is 23.8 Å². The Morgan fingerprint density at radius 1 is 1.12 bits per heavy atom. The van der Waals surface area contributed by atoms with Crippen LogP contribution in [0.4, 0.5) is 5.69 Å². The number of aromatic nitrogens is 1. The number of sulfonamides is 1. The van der Waals surface area contributed by atoms with Gasteiger partial charge in [-0.1, -0.05) is 29.8 Å². The Labute approximate surface area is 191 Å². The van der Waals surface area contributed by atoms with Crippen molar-refractivity contribution in [2.45, 2.75) is 18.4 Å². The second-order valence-electron chi connectivity index (χ2n) is 6.53. The number of hydrogen-bond donors (Lipinski definition) is 2. The molecule has 3 rings (SSSR count). The van der Waals surface area contributed by atoms with Crippen LogP contribution in [0.2, 0.25) is 5.02 Å². The summed E-state index contributed by atoms with van der Waals surface area (Å²) in [6.45, 7) is 2.44. The van der Waals surface area contributed by atoms with Gasteiger partial charge < -0.3 is 14.8 Å². The van der Waals surface area contributed by atoms with E-state index in [1.54, 1.807) is 42.6 Å². The highest BCUT2D eigenvalue weighted by molar-refractivity contribution is 7.92. The monoisotopic (exact) mass is 475 g/mol. The first kappa shape index (κ1) is 23.4. The Kier molecular flexibility index (Phi) is 7.55. The largest absolute Gasteiger partial charge is 0.495 e. The lowest BCUT2D eigenvalue weighted by Crippen LogP contribution is -2.24. The molecule has 32 heavy (non-hydrogen) atoms. The Hall–Kier alpha value is -3.30. The van der Waals surface area contributed by atoms with E-state index in [1.807, 2.05) is 6.92 Å². The van der Waals surface area contributed by atoms with Gasteiger partial charge in [0.1, 0.15) is 10.6 Å². The Morgan fingerprint density at radius 3 is 2.66 bits per heavy atom. The van der Waals surface area contributed by atoms with Crippen molar-refractivity contribution in [1.82, 2.24) is 10.3 Å². The van der Waals surface area contributed by atoms with Crippen LogP contribution in [0, 0.1) is 0 Å². The molecule has 8 nitrogen and oxygen atoms in total. The van der Waals surface area contributed by atoms with Crippen LogP contribution in [0.1, 0.15) is 22.8 Å². The number of ether oxygens (including phenoxy) is 2. The number of para-hydroxylation sites is 2. The van der Waals surface area contributed by atoms with Gasteiger partial charge in [0.15, 0.2) is 0 Å². The summed E-state index contributed by atoms with van der Waals surface area (Å²) in [5.41, 5.74) is 1.08. The van der Waals surface area contributed by atoms with E-state index >= 15 is 0 Å². The van der Waals surface area contributed by atoms with Gasteiger partial charge in [-0.25, -0.2) is 13.4 Å². The van der Waals surface area contributed by atoms with Gasteiger partial charge in [-0.05, 0) is 43.3 Å². The first-order valence-electron chi connectivity index (χ1n) is 9.66. The molecule has 3 aromatic rings. The van der Waals surface area contributed by atoms with Gasteiger partial charge in [0.2, 0.25) is 5.88 Å². The lowest BCUT2D eigenvalue weighted by Gasteiger charge is -2.14. The molecular formula is C22H22ClN3O5S. The molecule has 10 heteroatoms. The molecule has 0 saturated heterocycles. The number of amides is 1. The van der Waals surface area contributed by atoms with Crippen LogP contribution in [-0.2, 0) is 16.6 Å². The number of carbonyl (C=O) groups excluding carboxylic acids is 1. The number of hydrogen-bond acceptors (Lipinski definition) is 6. The third kappa shape index (κ3) is 5.49. The predicted octanol–water partition coefficient (Wildman–Crippen LogP) is 3.87. The van der Waals surface area contributed by atoms with Crippen LogP contribution < -0.4 is 19.5 Å². The van der Waals surface area contributed by atoms with E-state index in [0.717, 1.165) is 0 Å². The Balaban J connectivity index is 1.81. The van der Waals surface area contributed by atoms with Crippen LogP contribution in [0.3, 0.4) is 0 Å². The molecule has 0 bridgehead atoms. The van der Waals surface area contributed by atoms with Crippen molar-refractivity contribution in [2.75, 3.05) is 18.4 Å². The second kappa shape index (κ2) is 10.3. The summed E-state index contributed by atoms with van der Waals surface area (Å²) in [6, 6.07) is 14.1. The first-order chi connectivity index (χ1) is 15.4. The molecule has 0 aliphatic rings. The maximum absolute atomic E-state index is 13.0. The van der Waals surface area contributed by atoms with Crippen molar-refractivity contribution in [2.24, 2.45) is 0 Å². The summed E-state index contributed by atoms with van der Waals surface area (Å²) in [4.78, 5) is 16.6. The van der Waals surface area contributed by atoms with Crippen LogP contribution in [-0.4, -0.2) is 33.0 Å². The molecule has 0 unspecified atom stereocenters. The lowest BCUT2D eigenvalue weighted by molar-refractivity contribution is 0.0950. The molecule has 1 heterocycles. The van der Waals surface area contributed by atoms with E-state index in [9.17, 15) is 13.2 Å². The number of nitrogens with zero attached hydrogens (tertiary/aromatic N) is 1. The molecule has 0 radical (unpaired) electrons. The zero-order valence-corrected chi connectivity index (χ0v) is 19.0. The minimum atomic E-state index is -4.09. The minimum Gasteiger partial charge on any atom is -0.495 e. The zero-order valence-electron chi connectivity index (χ0n) is 17.5. The fraction of sp³-hybridized carbons (Fsp3) is 0.182. The summed E-state index contributed by atoms with van der Waals surface area (Å²) in [6.07, 6.45) is 1.60. The number of methoxy groups -OCH3 is 1. The van der Waals surface area contributed by atoms with E-state index in [2.05, 4.69) is 15.0 Å². The van der Waals surface area contributed by atoms with Gasteiger partial charge in [-0.15, -0.1) is 0 Å². The van der Waals surface area contributed by atoms with Crippen molar-refractivity contribution < 1.29 is 22.7 Å². The molecule has 0 aliphatic heterocycles. The van der Waals surface area contributed by atoms with Gasteiger partial charge in [0.05, 0.1) is 24.4 Å². The molecule has 2 N–H and O–H groups in total. The van der Waals surface area contributed by atoms with Crippen LogP contribution in [0.5, 0.6) is 11.6 Å². The van der Waals surface area contributed by atoms with E-state index in [-0.39, 0.29) is 27.7 Å². The van der Waals surface area contributed by atoms with Crippen molar-refractivity contribution >= 4 is 33.2 Å². The average Bonchev–Trinajstić information content (AvgIpc) is 2.78. The average molecular weight is 476 g/mol. The highest BCUT2D eigenvalue weighted by Crippen LogP contribution is 2.29. The standard InChI is InChI=1S/C22H22ClN3O5S/c1-3-31-22-16(7-6-12-24-22)14-25-21(27)15-10-11-17(23)20(13-15)32(28,29)26-18-8-4-5-9-19(18)30-2/h4-13,26H,3,14H2,1-2H3,(H,25,27). The highest BCUT2D eigenvalue weighted by Gasteiger charge is 2.22. The number of pyridine rings is 1. The predicted molar refractivity (Wildman–Crippen MR) is 122 cm³/mol. The number of benzene rings is 2. The maximum atomic E-state index is 13.0. The number of halogens is 1. The first-order valence-corrected chi connectivity index (χ1v) is 11.5. The molecule has 0 aliphatic carbocycles. The number of anilines is 1. The van der Waals surface area contributed by atoms with Crippen molar-refractivity contribution in [3.63, 3.8) is 0 Å². The Bertz CT molecular complexity index is 1220. The molecule has 1 amide bonds. The third-order valence-corrected chi connectivity index (χ3v) is 6.25. The fourth-order valence-corrected chi connectivity index (χ4v) is 4.48. The van der Waals surface area contributed by atoms with Gasteiger partial charge in [-0.2, -0.15) is 0 Å². The third-order valence-electron chi connectivity index (χ3n) is 4.40. The Morgan fingerprint density at radius 2 is 1.91 bits per heavy atom. The molecule has 0 fully saturated rings. The molecule has 0 saturated carbocycles. The molecule has 0 atom stereocenters. The van der Waals surface area contributed by atoms with Crippen LogP contribution in [0.15, 0.2) is 65.7 Å². The lowest BCUT2D eigenvalue weighted by atomic mass is 10.2. The molecular weight excluding hydrogens is 454 g/mol. The minimum absolute atomic E-state index is 0.0187. The summed E-state index contributed by atoms with van der Waals surface area (Å²) in [5, 5.41) is 2.72. The normalized spacial score (nSPS) is 11.0. The smallest absolute Gasteiger partial charge is 0.263 e. The topological polar surface area (TPSA) is 107 Å². The summed E-state index contributed by atoms with van der Waals surface area (Å²) >= 11 is 6.15. The molecule has 1 aromatic heterocycles. The van der Waals surface area contributed by atoms with Gasteiger partial charge >= 0.3 is 0 Å². The summed E-state index contributed by atoms with van der Waals surface area (Å²) in [7, 11) is -2.65. The van der Waals surface area contributed by atoms with E-state index in [1.165, 1.54) is 25.3 Å². The van der Waals surface area contributed by atoms with Gasteiger partial charge in [0, 0.05) is 23.9 Å². The highest BCUT2D eigenvalue weighted by atomic mass is 35.5. The molecule has 168 valence electrons. The van der Waals surface area contributed by atoms with Crippen molar-refractivity contribution in [1.29, 1.82) is 0 Å². The van der Waals surface area contributed by atoms with E-state index < -0.39 is 15.9 Å². The summed E-state index contributed by atoms with van der Waals surface area (Å²) in [5.74, 6) is 0.306. The van der Waals surface area contributed by atoms with Crippen LogP contribution >= 0.6 is 11.6 Å². The van der Waals surface area contributed by atoms with Crippen molar-refractivity contribution in [3.05, 3.63) is 76.9 Å². The van der Waals surface area contributed by atoms with Crippen molar-refractivity contribution in [3.8, 4) is 11.6 Å². The maximum Gasteiger partial charge on any atom is 0.263 e. The quantitative estimate of drug-likeness (QED) is 0.486. The number of carbonyl (C=O) groups is 1. The van der Waals surface area contributed by atoms with Gasteiger partial charge in [0.25, 0.3) is 15.9 Å². The van der Waals surface area contributed by atoms with E-state index in [4.69, 9.17) is 21.1 Å². The number of rotatable bonds is 9. The molecule has 2 aromatic carbocycles. The summed E-state index contributed by atoms with van der Waals surface area (Å²) < 4.78 is 39.0. The zero-order chi connectivity index (χ0) is 23.1. The number of nitrogens with one attached hydrogen (secondary N) is 2. The SMILES string of the molecule is CCOc1ncccc1CNC(=O)c1ccc(Cl)c(S(=O)(=O)Nc2ccccc2OC)c1.